The molecule has 0 radical (unpaired) electrons. The zero-order valence-electron chi connectivity index (χ0n) is 10.4. The highest BCUT2D eigenvalue weighted by molar-refractivity contribution is 5.18. The van der Waals surface area contributed by atoms with E-state index in [4.69, 9.17) is 5.73 Å². The Morgan fingerprint density at radius 2 is 1.88 bits per heavy atom. The average molecular weight is 217 g/mol. The first-order chi connectivity index (χ1) is 7.60. The molecule has 0 spiro atoms. The highest BCUT2D eigenvalue weighted by Gasteiger charge is 2.36. The molecule has 3 unspecified atom stereocenters. The first kappa shape index (κ1) is 11.7. The summed E-state index contributed by atoms with van der Waals surface area (Å²) in [6.07, 6.45) is 4.82. The maximum atomic E-state index is 6.63. The van der Waals surface area contributed by atoms with Gasteiger partial charge in [0, 0.05) is 5.54 Å². The lowest BCUT2D eigenvalue weighted by Gasteiger charge is -2.42. The number of hydrogen-bond acceptors (Lipinski definition) is 1. The van der Waals surface area contributed by atoms with Crippen molar-refractivity contribution in [2.75, 3.05) is 0 Å². The minimum absolute atomic E-state index is 0.0129. The Bertz CT molecular complexity index is 333. The van der Waals surface area contributed by atoms with Gasteiger partial charge in [0.25, 0.3) is 0 Å². The molecule has 3 atom stereocenters. The molecule has 1 fully saturated rings. The van der Waals surface area contributed by atoms with Gasteiger partial charge in [0.15, 0.2) is 0 Å². The van der Waals surface area contributed by atoms with Gasteiger partial charge < -0.3 is 5.73 Å². The monoisotopic (exact) mass is 217 g/mol. The van der Waals surface area contributed by atoms with Gasteiger partial charge in [0.05, 0.1) is 0 Å². The summed E-state index contributed by atoms with van der Waals surface area (Å²) in [5, 5.41) is 0. The predicted octanol–water partition coefficient (Wildman–Crippen LogP) is 3.38. The molecule has 1 heteroatoms. The van der Waals surface area contributed by atoms with E-state index in [-0.39, 0.29) is 5.54 Å². The molecule has 1 aliphatic rings. The van der Waals surface area contributed by atoms with Crippen LogP contribution in [0.5, 0.6) is 0 Å². The van der Waals surface area contributed by atoms with E-state index in [9.17, 15) is 0 Å². The van der Waals surface area contributed by atoms with Crippen LogP contribution in [0.1, 0.15) is 38.7 Å². The molecule has 1 aromatic rings. The Balaban J connectivity index is 2.12. The van der Waals surface area contributed by atoms with E-state index in [0.717, 1.165) is 12.3 Å². The number of benzene rings is 1. The van der Waals surface area contributed by atoms with Gasteiger partial charge in [-0.3, -0.25) is 0 Å². The van der Waals surface area contributed by atoms with E-state index < -0.39 is 0 Å². The molecular weight excluding hydrogens is 194 g/mol. The van der Waals surface area contributed by atoms with E-state index in [1.54, 1.807) is 0 Å². The second-order valence-corrected chi connectivity index (χ2v) is 5.68. The first-order valence-electron chi connectivity index (χ1n) is 6.43. The third-order valence-corrected chi connectivity index (χ3v) is 4.18. The van der Waals surface area contributed by atoms with Crippen LogP contribution in [-0.4, -0.2) is 5.54 Å². The smallest absolute Gasteiger partial charge is 0.0223 e. The fourth-order valence-corrected chi connectivity index (χ4v) is 3.00. The number of hydrogen-bond donors (Lipinski definition) is 1. The lowest BCUT2D eigenvalue weighted by atomic mass is 9.68. The van der Waals surface area contributed by atoms with Gasteiger partial charge in [-0.05, 0) is 36.7 Å². The minimum atomic E-state index is 0.0129. The molecule has 1 aliphatic carbocycles. The van der Waals surface area contributed by atoms with Crippen LogP contribution in [0.25, 0.3) is 0 Å². The summed E-state index contributed by atoms with van der Waals surface area (Å²) in [7, 11) is 0. The van der Waals surface area contributed by atoms with Gasteiger partial charge in [-0.1, -0.05) is 50.6 Å². The molecule has 1 aromatic carbocycles. The minimum Gasteiger partial charge on any atom is -0.325 e. The fraction of sp³-hybridized carbons (Fsp3) is 0.600. The quantitative estimate of drug-likeness (QED) is 0.807. The Morgan fingerprint density at radius 3 is 2.56 bits per heavy atom. The fourth-order valence-electron chi connectivity index (χ4n) is 3.00. The van der Waals surface area contributed by atoms with Gasteiger partial charge >= 0.3 is 0 Å². The first-order valence-corrected chi connectivity index (χ1v) is 6.43. The van der Waals surface area contributed by atoms with Gasteiger partial charge in [0.2, 0.25) is 0 Å². The average Bonchev–Trinajstić information content (AvgIpc) is 2.25. The van der Waals surface area contributed by atoms with Crippen LogP contribution in [0.4, 0.5) is 0 Å². The van der Waals surface area contributed by atoms with Crippen molar-refractivity contribution >= 4 is 0 Å². The zero-order chi connectivity index (χ0) is 11.6. The Morgan fingerprint density at radius 1 is 1.19 bits per heavy atom. The summed E-state index contributed by atoms with van der Waals surface area (Å²) in [5.41, 5.74) is 8.02. The highest BCUT2D eigenvalue weighted by atomic mass is 14.8. The topological polar surface area (TPSA) is 26.0 Å². The number of rotatable bonds is 2. The second-order valence-electron chi connectivity index (χ2n) is 5.68. The van der Waals surface area contributed by atoms with E-state index in [2.05, 4.69) is 44.2 Å². The third-order valence-electron chi connectivity index (χ3n) is 4.18. The van der Waals surface area contributed by atoms with Crippen molar-refractivity contribution in [1.82, 2.24) is 0 Å². The van der Waals surface area contributed by atoms with Gasteiger partial charge in [-0.2, -0.15) is 0 Å². The van der Waals surface area contributed by atoms with Gasteiger partial charge in [-0.15, -0.1) is 0 Å². The summed E-state index contributed by atoms with van der Waals surface area (Å²) in [5.74, 6) is 1.42. The van der Waals surface area contributed by atoms with Crippen LogP contribution in [0.3, 0.4) is 0 Å². The van der Waals surface area contributed by atoms with Gasteiger partial charge in [-0.25, -0.2) is 0 Å². The largest absolute Gasteiger partial charge is 0.325 e. The Labute approximate surface area is 99.0 Å². The normalized spacial score (nSPS) is 34.9. The van der Waals surface area contributed by atoms with E-state index >= 15 is 0 Å². The van der Waals surface area contributed by atoms with Crippen molar-refractivity contribution in [2.45, 2.75) is 45.1 Å². The van der Waals surface area contributed by atoms with Crippen molar-refractivity contribution in [3.63, 3.8) is 0 Å². The molecule has 88 valence electrons. The molecule has 0 aliphatic heterocycles. The maximum absolute atomic E-state index is 6.63. The predicted molar refractivity (Wildman–Crippen MR) is 69.2 cm³/mol. The summed E-state index contributed by atoms with van der Waals surface area (Å²) in [6.45, 7) is 4.65. The van der Waals surface area contributed by atoms with Crippen LogP contribution in [0, 0.1) is 11.8 Å². The molecule has 0 aromatic heterocycles. The Hall–Kier alpha value is -0.820. The van der Waals surface area contributed by atoms with Crippen molar-refractivity contribution in [1.29, 1.82) is 0 Å². The molecule has 16 heavy (non-hydrogen) atoms. The summed E-state index contributed by atoms with van der Waals surface area (Å²) in [4.78, 5) is 0. The van der Waals surface area contributed by atoms with Crippen molar-refractivity contribution in [2.24, 2.45) is 17.6 Å². The standard InChI is InChI=1S/C15H23N/c1-12-8-9-13(2)15(16,10-12)11-14-6-4-3-5-7-14/h3-7,12-13H,8-11,16H2,1-2H3. The molecule has 0 heterocycles. The number of nitrogens with two attached hydrogens (primary N) is 1. The summed E-state index contributed by atoms with van der Waals surface area (Å²) < 4.78 is 0. The molecule has 0 amide bonds. The van der Waals surface area contributed by atoms with Crippen LogP contribution < -0.4 is 5.73 Å². The summed E-state index contributed by atoms with van der Waals surface area (Å²) >= 11 is 0. The molecule has 0 bridgehead atoms. The van der Waals surface area contributed by atoms with E-state index in [1.807, 2.05) is 0 Å². The van der Waals surface area contributed by atoms with Crippen LogP contribution in [0.2, 0.25) is 0 Å². The van der Waals surface area contributed by atoms with Crippen LogP contribution >= 0.6 is 0 Å². The zero-order valence-corrected chi connectivity index (χ0v) is 10.4. The summed E-state index contributed by atoms with van der Waals surface area (Å²) in [6, 6.07) is 10.7. The molecule has 1 nitrogen and oxygen atoms in total. The van der Waals surface area contributed by atoms with Crippen molar-refractivity contribution in [3.05, 3.63) is 35.9 Å². The van der Waals surface area contributed by atoms with E-state index in [0.29, 0.717) is 5.92 Å². The van der Waals surface area contributed by atoms with Gasteiger partial charge in [0.1, 0.15) is 0 Å². The Kier molecular flexibility index (Phi) is 3.34. The van der Waals surface area contributed by atoms with Crippen molar-refractivity contribution < 1.29 is 0 Å². The molecule has 2 N–H and O–H groups in total. The molecule has 1 saturated carbocycles. The third kappa shape index (κ3) is 2.46. The van der Waals surface area contributed by atoms with Crippen LogP contribution in [0.15, 0.2) is 30.3 Å². The highest BCUT2D eigenvalue weighted by Crippen LogP contribution is 2.37. The lowest BCUT2D eigenvalue weighted by Crippen LogP contribution is -2.51. The molecular formula is C15H23N. The van der Waals surface area contributed by atoms with Crippen molar-refractivity contribution in [3.8, 4) is 0 Å². The second kappa shape index (κ2) is 4.58. The van der Waals surface area contributed by atoms with E-state index in [1.165, 1.54) is 24.8 Å². The lowest BCUT2D eigenvalue weighted by molar-refractivity contribution is 0.161. The molecule has 2 rings (SSSR count). The maximum Gasteiger partial charge on any atom is 0.0223 e. The van der Waals surface area contributed by atoms with Crippen LogP contribution in [-0.2, 0) is 6.42 Å². The SMILES string of the molecule is CC1CCC(C)C(N)(Cc2ccccc2)C1. The molecule has 0 saturated heterocycles.